The first-order chi connectivity index (χ1) is 16.4. The van der Waals surface area contributed by atoms with Crippen molar-refractivity contribution in [2.75, 3.05) is 19.0 Å². The van der Waals surface area contributed by atoms with E-state index in [0.717, 1.165) is 16.7 Å². The molecule has 4 heterocycles. The minimum atomic E-state index is -3.87. The highest BCUT2D eigenvalue weighted by Crippen LogP contribution is 2.34. The fraction of sp³-hybridized carbons (Fsp3) is 0.286. The number of piperidine rings is 1. The Morgan fingerprint density at radius 1 is 1.24 bits per heavy atom. The quantitative estimate of drug-likeness (QED) is 0.395. The van der Waals surface area contributed by atoms with Crippen LogP contribution in [0.2, 0.25) is 4.34 Å². The van der Waals surface area contributed by atoms with Crippen LogP contribution < -0.4 is 10.1 Å². The molecule has 0 spiro atoms. The van der Waals surface area contributed by atoms with E-state index in [-0.39, 0.29) is 22.7 Å². The number of benzene rings is 1. The number of fused-ring (bicyclic) bond motifs is 1. The summed E-state index contributed by atoms with van der Waals surface area (Å²) < 4.78 is 44.6. The number of hydrogen-bond donors (Lipinski definition) is 1. The Morgan fingerprint density at radius 3 is 2.85 bits per heavy atom. The molecule has 1 saturated heterocycles. The summed E-state index contributed by atoms with van der Waals surface area (Å²) in [5.74, 6) is 0.383. The maximum Gasteiger partial charge on any atom is 0.322 e. The predicted molar refractivity (Wildman–Crippen MR) is 126 cm³/mol. The number of ether oxygens (including phenoxy) is 1. The minimum absolute atomic E-state index is 0.0647. The van der Waals surface area contributed by atoms with Crippen molar-refractivity contribution >= 4 is 55.9 Å². The van der Waals surface area contributed by atoms with Crippen molar-refractivity contribution in [2.24, 2.45) is 0 Å². The van der Waals surface area contributed by atoms with Gasteiger partial charge in [-0.2, -0.15) is 4.31 Å². The van der Waals surface area contributed by atoms with Gasteiger partial charge in [0.25, 0.3) is 15.9 Å². The molecule has 1 aliphatic heterocycles. The summed E-state index contributed by atoms with van der Waals surface area (Å²) in [6.07, 6.45) is 1.74. The molecule has 0 saturated carbocycles. The second kappa shape index (κ2) is 9.02. The van der Waals surface area contributed by atoms with Crippen molar-refractivity contribution in [1.82, 2.24) is 14.5 Å². The van der Waals surface area contributed by atoms with E-state index in [1.165, 1.54) is 16.4 Å². The molecule has 1 fully saturated rings. The fourth-order valence-electron chi connectivity index (χ4n) is 3.87. The summed E-state index contributed by atoms with van der Waals surface area (Å²) in [5.41, 5.74) is 0.528. The summed E-state index contributed by atoms with van der Waals surface area (Å²) in [4.78, 5) is 13.0. The number of anilines is 1. The third-order valence-corrected chi connectivity index (χ3v) is 9.07. The number of halogens is 1. The Kier molecular flexibility index (Phi) is 6.06. The highest BCUT2D eigenvalue weighted by atomic mass is 35.5. The predicted octanol–water partition coefficient (Wildman–Crippen LogP) is 4.39. The summed E-state index contributed by atoms with van der Waals surface area (Å²) in [7, 11) is -2.33. The molecule has 34 heavy (non-hydrogen) atoms. The Balaban J connectivity index is 1.36. The number of aromatic nitrogens is 2. The van der Waals surface area contributed by atoms with Crippen LogP contribution in [0.4, 0.5) is 6.01 Å². The Hall–Kier alpha value is -2.93. The van der Waals surface area contributed by atoms with Gasteiger partial charge in [-0.05, 0) is 37.1 Å². The number of sulfonamides is 1. The van der Waals surface area contributed by atoms with Crippen LogP contribution in [0.25, 0.3) is 22.6 Å². The number of furan rings is 1. The van der Waals surface area contributed by atoms with Crippen LogP contribution in [-0.4, -0.2) is 48.5 Å². The topological polar surface area (TPSA) is 128 Å². The van der Waals surface area contributed by atoms with Gasteiger partial charge in [0.2, 0.25) is 5.91 Å². The van der Waals surface area contributed by atoms with Gasteiger partial charge in [0, 0.05) is 11.9 Å². The van der Waals surface area contributed by atoms with Gasteiger partial charge in [-0.3, -0.25) is 10.1 Å². The van der Waals surface area contributed by atoms with Gasteiger partial charge in [0.1, 0.15) is 10.3 Å². The monoisotopic (exact) mass is 522 g/mol. The average molecular weight is 523 g/mol. The fourth-order valence-corrected chi connectivity index (χ4v) is 7.14. The molecule has 0 aliphatic carbocycles. The number of hydrogen-bond acceptors (Lipinski definition) is 9. The smallest absolute Gasteiger partial charge is 0.322 e. The van der Waals surface area contributed by atoms with E-state index >= 15 is 0 Å². The molecular weight excluding hydrogens is 504 g/mol. The lowest BCUT2D eigenvalue weighted by atomic mass is 10.0. The van der Waals surface area contributed by atoms with Crippen molar-refractivity contribution in [3.63, 3.8) is 0 Å². The maximum absolute atomic E-state index is 13.1. The summed E-state index contributed by atoms with van der Waals surface area (Å²) >= 11 is 6.88. The lowest BCUT2D eigenvalue weighted by Gasteiger charge is -2.32. The van der Waals surface area contributed by atoms with Crippen LogP contribution in [0, 0.1) is 0 Å². The lowest BCUT2D eigenvalue weighted by molar-refractivity contribution is -0.120. The number of methoxy groups -OCH3 is 1. The standard InChI is InChI=1S/C21H19ClN4O6S2/c1-30-14-7-4-5-12-11-15(31-18(12)14)20-24-25-21(32-20)23-19(27)13-6-2-3-10-26(13)34(28,29)17-9-8-16(22)33-17/h4-5,7-9,11,13H,2-3,6,10H2,1H3,(H,23,25,27). The highest BCUT2D eigenvalue weighted by Gasteiger charge is 2.39. The number of nitrogens with one attached hydrogen (secondary N) is 1. The van der Waals surface area contributed by atoms with Gasteiger partial charge in [-0.25, -0.2) is 8.42 Å². The normalized spacial score (nSPS) is 17.2. The van der Waals surface area contributed by atoms with Gasteiger partial charge >= 0.3 is 6.01 Å². The average Bonchev–Trinajstić information content (AvgIpc) is 3.58. The molecule has 178 valence electrons. The Morgan fingerprint density at radius 2 is 2.09 bits per heavy atom. The minimum Gasteiger partial charge on any atom is -0.493 e. The van der Waals surface area contributed by atoms with Crippen LogP contribution in [0.5, 0.6) is 5.75 Å². The first kappa shape index (κ1) is 22.8. The van der Waals surface area contributed by atoms with Crippen LogP contribution >= 0.6 is 22.9 Å². The van der Waals surface area contributed by atoms with Gasteiger partial charge in [0.05, 0.1) is 11.4 Å². The molecule has 5 rings (SSSR count). The van der Waals surface area contributed by atoms with Crippen molar-refractivity contribution in [3.05, 3.63) is 40.7 Å². The SMILES string of the molecule is COc1cccc2cc(-c3nnc(NC(=O)C4CCCCN4S(=O)(=O)c4ccc(Cl)s4)o3)oc12. The molecular formula is C21H19ClN4O6S2. The van der Waals surface area contributed by atoms with Gasteiger partial charge in [-0.15, -0.1) is 16.4 Å². The first-order valence-electron chi connectivity index (χ1n) is 10.4. The maximum atomic E-state index is 13.1. The molecule has 1 aromatic carbocycles. The molecule has 3 aromatic heterocycles. The molecule has 1 unspecified atom stereocenters. The zero-order valence-corrected chi connectivity index (χ0v) is 20.2. The summed E-state index contributed by atoms with van der Waals surface area (Å²) in [5, 5.41) is 11.1. The second-order valence-electron chi connectivity index (χ2n) is 7.58. The van der Waals surface area contributed by atoms with Crippen molar-refractivity contribution in [1.29, 1.82) is 0 Å². The van der Waals surface area contributed by atoms with E-state index in [9.17, 15) is 13.2 Å². The van der Waals surface area contributed by atoms with E-state index < -0.39 is 22.0 Å². The molecule has 13 heteroatoms. The number of amides is 1. The molecule has 10 nitrogen and oxygen atoms in total. The van der Waals surface area contributed by atoms with E-state index in [1.54, 1.807) is 19.2 Å². The molecule has 1 aliphatic rings. The third-order valence-electron chi connectivity index (χ3n) is 5.46. The van der Waals surface area contributed by atoms with E-state index in [1.807, 2.05) is 12.1 Å². The number of carbonyl (C=O) groups is 1. The first-order valence-corrected chi connectivity index (χ1v) is 13.0. The number of carbonyl (C=O) groups excluding carboxylic acids is 1. The zero-order chi connectivity index (χ0) is 23.9. The second-order valence-corrected chi connectivity index (χ2v) is 11.4. The zero-order valence-electron chi connectivity index (χ0n) is 17.9. The Labute approximate surface area is 203 Å². The van der Waals surface area contributed by atoms with E-state index in [0.29, 0.717) is 40.7 Å². The van der Waals surface area contributed by atoms with Gasteiger partial charge in [-0.1, -0.05) is 35.3 Å². The largest absolute Gasteiger partial charge is 0.493 e. The van der Waals surface area contributed by atoms with Gasteiger partial charge < -0.3 is 13.6 Å². The van der Waals surface area contributed by atoms with Crippen molar-refractivity contribution in [3.8, 4) is 17.4 Å². The van der Waals surface area contributed by atoms with Crippen molar-refractivity contribution < 1.29 is 26.8 Å². The van der Waals surface area contributed by atoms with E-state index in [2.05, 4.69) is 15.5 Å². The number of thiophene rings is 1. The number of nitrogens with zero attached hydrogens (tertiary/aromatic N) is 3. The number of para-hydroxylation sites is 1. The van der Waals surface area contributed by atoms with Crippen LogP contribution in [0.1, 0.15) is 19.3 Å². The highest BCUT2D eigenvalue weighted by molar-refractivity contribution is 7.91. The molecule has 4 aromatic rings. The molecule has 0 bridgehead atoms. The molecule has 0 radical (unpaired) electrons. The van der Waals surface area contributed by atoms with Crippen molar-refractivity contribution in [2.45, 2.75) is 29.5 Å². The summed E-state index contributed by atoms with van der Waals surface area (Å²) in [6, 6.07) is 9.06. The number of rotatable bonds is 6. The lowest BCUT2D eigenvalue weighted by Crippen LogP contribution is -2.49. The van der Waals surface area contributed by atoms with Crippen LogP contribution in [0.3, 0.4) is 0 Å². The molecule has 1 amide bonds. The van der Waals surface area contributed by atoms with E-state index in [4.69, 9.17) is 25.2 Å². The Bertz CT molecular complexity index is 1460. The molecule has 1 N–H and O–H groups in total. The molecule has 1 atom stereocenters. The van der Waals surface area contributed by atoms with Crippen LogP contribution in [0.15, 0.2) is 49.4 Å². The third kappa shape index (κ3) is 4.17. The summed E-state index contributed by atoms with van der Waals surface area (Å²) in [6.45, 7) is 0.228. The van der Waals surface area contributed by atoms with Gasteiger partial charge in [0.15, 0.2) is 17.1 Å². The van der Waals surface area contributed by atoms with Crippen LogP contribution in [-0.2, 0) is 14.8 Å².